The molecule has 1 radical (unpaired) electrons. The maximum absolute atomic E-state index is 12.8. The second-order valence-electron chi connectivity index (χ2n) is 6.62. The molecular formula is C22H19N4O2S. The maximum Gasteiger partial charge on any atom is 0.263 e. The van der Waals surface area contributed by atoms with Crippen LogP contribution in [0.2, 0.25) is 0 Å². The standard InChI is InChI=1S/C22H19N4O2S/c1-15-9-8-14-18(16(15)2)23-21-22(25-20-13-7-6-12-19(20)24-21)26-29(27,28)17-10-4-3-5-11-17/h4-14H,1-2H3,(H,23,24)(H,25,26). The number of nitrogens with one attached hydrogen (secondary N) is 2. The van der Waals surface area contributed by atoms with E-state index in [4.69, 9.17) is 0 Å². The second-order valence-corrected chi connectivity index (χ2v) is 8.31. The number of aromatic nitrogens is 2. The summed E-state index contributed by atoms with van der Waals surface area (Å²) in [4.78, 5) is 9.25. The fourth-order valence-corrected chi connectivity index (χ4v) is 3.92. The largest absolute Gasteiger partial charge is 0.337 e. The van der Waals surface area contributed by atoms with Gasteiger partial charge in [-0.2, -0.15) is 0 Å². The van der Waals surface area contributed by atoms with Crippen molar-refractivity contribution in [2.24, 2.45) is 0 Å². The Balaban J connectivity index is 1.81. The Morgan fingerprint density at radius 2 is 1.48 bits per heavy atom. The third kappa shape index (κ3) is 3.90. The van der Waals surface area contributed by atoms with Gasteiger partial charge < -0.3 is 5.32 Å². The molecule has 4 rings (SSSR count). The molecule has 7 heteroatoms. The average molecular weight is 403 g/mol. The first-order valence-electron chi connectivity index (χ1n) is 9.03. The lowest BCUT2D eigenvalue weighted by Crippen LogP contribution is -2.16. The molecule has 0 saturated carbocycles. The van der Waals surface area contributed by atoms with Gasteiger partial charge in [0.05, 0.1) is 15.9 Å². The molecule has 0 unspecified atom stereocenters. The Kier molecular flexibility index (Phi) is 4.90. The highest BCUT2D eigenvalue weighted by Gasteiger charge is 2.19. The van der Waals surface area contributed by atoms with Crippen LogP contribution in [0.3, 0.4) is 0 Å². The average Bonchev–Trinajstić information content (AvgIpc) is 2.72. The zero-order valence-electron chi connectivity index (χ0n) is 16.0. The summed E-state index contributed by atoms with van der Waals surface area (Å²) in [5.41, 5.74) is 4.27. The molecule has 0 bridgehead atoms. The van der Waals surface area contributed by atoms with Crippen LogP contribution < -0.4 is 10.0 Å². The quantitative estimate of drug-likeness (QED) is 0.509. The lowest BCUT2D eigenvalue weighted by molar-refractivity contribution is 0.601. The first kappa shape index (κ1) is 18.9. The number of anilines is 3. The van der Waals surface area contributed by atoms with Gasteiger partial charge in [-0.3, -0.25) is 4.72 Å². The third-order valence-corrected chi connectivity index (χ3v) is 6.01. The molecule has 0 aliphatic heterocycles. The zero-order valence-corrected chi connectivity index (χ0v) is 16.8. The number of para-hydroxylation sites is 2. The highest BCUT2D eigenvalue weighted by molar-refractivity contribution is 7.92. The molecule has 0 saturated heterocycles. The van der Waals surface area contributed by atoms with E-state index in [1.54, 1.807) is 18.2 Å². The van der Waals surface area contributed by atoms with Gasteiger partial charge in [0, 0.05) is 5.69 Å². The summed E-state index contributed by atoms with van der Waals surface area (Å²) in [6.45, 7) is 4.01. The molecule has 0 aliphatic rings. The molecule has 0 atom stereocenters. The molecule has 1 heterocycles. The number of hydrogen-bond donors (Lipinski definition) is 2. The van der Waals surface area contributed by atoms with E-state index in [1.807, 2.05) is 50.2 Å². The van der Waals surface area contributed by atoms with E-state index in [0.717, 1.165) is 16.8 Å². The third-order valence-electron chi connectivity index (χ3n) is 4.66. The summed E-state index contributed by atoms with van der Waals surface area (Å²) in [6.07, 6.45) is 0. The van der Waals surface area contributed by atoms with Crippen molar-refractivity contribution in [2.45, 2.75) is 18.7 Å². The van der Waals surface area contributed by atoms with Crippen LogP contribution >= 0.6 is 0 Å². The topological polar surface area (TPSA) is 84.0 Å². The van der Waals surface area contributed by atoms with Gasteiger partial charge in [-0.1, -0.05) is 36.4 Å². The summed E-state index contributed by atoms with van der Waals surface area (Å²) in [7, 11) is -3.83. The Labute approximate surface area is 169 Å². The van der Waals surface area contributed by atoms with Crippen molar-refractivity contribution in [1.29, 1.82) is 0 Å². The highest BCUT2D eigenvalue weighted by atomic mass is 32.2. The van der Waals surface area contributed by atoms with Crippen LogP contribution in [0, 0.1) is 19.9 Å². The Bertz CT molecular complexity index is 1290. The molecule has 29 heavy (non-hydrogen) atoms. The summed E-state index contributed by atoms with van der Waals surface area (Å²) in [6, 6.07) is 22.1. The summed E-state index contributed by atoms with van der Waals surface area (Å²) < 4.78 is 28.3. The van der Waals surface area contributed by atoms with E-state index in [1.165, 1.54) is 12.1 Å². The molecule has 0 spiro atoms. The number of hydrogen-bond acceptors (Lipinski definition) is 5. The van der Waals surface area contributed by atoms with Crippen molar-refractivity contribution in [3.63, 3.8) is 0 Å². The van der Waals surface area contributed by atoms with Crippen LogP contribution in [0.25, 0.3) is 11.0 Å². The molecule has 3 aromatic carbocycles. The summed E-state index contributed by atoms with van der Waals surface area (Å²) in [5, 5.41) is 3.24. The Hall–Kier alpha value is -3.45. The first-order chi connectivity index (χ1) is 13.9. The van der Waals surface area contributed by atoms with Crippen LogP contribution in [-0.2, 0) is 10.0 Å². The van der Waals surface area contributed by atoms with Crippen LogP contribution in [0.1, 0.15) is 11.1 Å². The van der Waals surface area contributed by atoms with Crippen molar-refractivity contribution in [3.05, 3.63) is 83.9 Å². The fraction of sp³-hybridized carbons (Fsp3) is 0.0909. The van der Waals surface area contributed by atoms with Gasteiger partial charge >= 0.3 is 0 Å². The lowest BCUT2D eigenvalue weighted by atomic mass is 10.1. The second kappa shape index (κ2) is 7.52. The molecule has 145 valence electrons. The van der Waals surface area contributed by atoms with Crippen LogP contribution in [0.4, 0.5) is 17.3 Å². The summed E-state index contributed by atoms with van der Waals surface area (Å²) in [5.74, 6) is 0.473. The smallest absolute Gasteiger partial charge is 0.263 e. The minimum Gasteiger partial charge on any atom is -0.337 e. The molecule has 0 amide bonds. The van der Waals surface area contributed by atoms with Crippen molar-refractivity contribution < 1.29 is 8.42 Å². The SMILES string of the molecule is Cc1cccc(Nc2nc3ccccc3nc2NS(=O)(=O)c2cc[c]cc2)c1C. The Morgan fingerprint density at radius 3 is 2.17 bits per heavy atom. The molecule has 2 N–H and O–H groups in total. The van der Waals surface area contributed by atoms with Gasteiger partial charge in [-0.05, 0) is 61.4 Å². The van der Waals surface area contributed by atoms with E-state index in [0.29, 0.717) is 16.9 Å². The zero-order chi connectivity index (χ0) is 20.4. The number of benzene rings is 3. The van der Waals surface area contributed by atoms with E-state index in [-0.39, 0.29) is 10.7 Å². The molecular weight excluding hydrogens is 384 g/mol. The summed E-state index contributed by atoms with van der Waals surface area (Å²) >= 11 is 0. The van der Waals surface area contributed by atoms with E-state index in [9.17, 15) is 8.42 Å². The number of aryl methyl sites for hydroxylation is 1. The van der Waals surface area contributed by atoms with E-state index >= 15 is 0 Å². The predicted octanol–water partition coefficient (Wildman–Crippen LogP) is 4.59. The monoisotopic (exact) mass is 403 g/mol. The van der Waals surface area contributed by atoms with Gasteiger partial charge in [-0.25, -0.2) is 18.4 Å². The van der Waals surface area contributed by atoms with Crippen LogP contribution in [0.15, 0.2) is 71.6 Å². The van der Waals surface area contributed by atoms with E-state index < -0.39 is 10.0 Å². The molecule has 6 nitrogen and oxygen atoms in total. The van der Waals surface area contributed by atoms with Gasteiger partial charge in [0.25, 0.3) is 10.0 Å². The molecule has 0 fully saturated rings. The number of rotatable bonds is 5. The first-order valence-corrected chi connectivity index (χ1v) is 10.5. The van der Waals surface area contributed by atoms with Gasteiger partial charge in [0.2, 0.25) is 0 Å². The maximum atomic E-state index is 12.8. The number of nitrogens with zero attached hydrogens (tertiary/aromatic N) is 2. The fourth-order valence-electron chi connectivity index (χ4n) is 2.91. The number of sulfonamides is 1. The number of fused-ring (bicyclic) bond motifs is 1. The van der Waals surface area contributed by atoms with Crippen LogP contribution in [-0.4, -0.2) is 18.4 Å². The molecule has 0 aliphatic carbocycles. The van der Waals surface area contributed by atoms with Crippen molar-refractivity contribution in [3.8, 4) is 0 Å². The van der Waals surface area contributed by atoms with Crippen molar-refractivity contribution in [1.82, 2.24) is 9.97 Å². The molecule has 4 aromatic rings. The van der Waals surface area contributed by atoms with Gasteiger partial charge in [-0.15, -0.1) is 0 Å². The normalized spacial score (nSPS) is 11.4. The predicted molar refractivity (Wildman–Crippen MR) is 115 cm³/mol. The lowest BCUT2D eigenvalue weighted by Gasteiger charge is -2.15. The highest BCUT2D eigenvalue weighted by Crippen LogP contribution is 2.29. The van der Waals surface area contributed by atoms with Gasteiger partial charge in [0.15, 0.2) is 11.6 Å². The van der Waals surface area contributed by atoms with Crippen LogP contribution in [0.5, 0.6) is 0 Å². The minimum absolute atomic E-state index is 0.129. The Morgan fingerprint density at radius 1 is 0.828 bits per heavy atom. The van der Waals surface area contributed by atoms with Crippen molar-refractivity contribution in [2.75, 3.05) is 10.0 Å². The van der Waals surface area contributed by atoms with Gasteiger partial charge in [0.1, 0.15) is 0 Å². The minimum atomic E-state index is -3.83. The van der Waals surface area contributed by atoms with E-state index in [2.05, 4.69) is 26.1 Å². The van der Waals surface area contributed by atoms with Crippen molar-refractivity contribution >= 4 is 38.4 Å². The molecule has 1 aromatic heterocycles.